The summed E-state index contributed by atoms with van der Waals surface area (Å²) >= 11 is 5.59. The molecule has 102 valence electrons. The molecule has 19 heavy (non-hydrogen) atoms. The minimum absolute atomic E-state index is 0.314. The second kappa shape index (κ2) is 5.48. The Morgan fingerprint density at radius 3 is 1.89 bits per heavy atom. The number of halogens is 1. The van der Waals surface area contributed by atoms with Gasteiger partial charge in [0, 0.05) is 12.4 Å². The van der Waals surface area contributed by atoms with E-state index in [2.05, 4.69) is 0 Å². The summed E-state index contributed by atoms with van der Waals surface area (Å²) < 4.78 is 10.3. The van der Waals surface area contributed by atoms with Crippen molar-refractivity contribution in [1.29, 1.82) is 0 Å². The van der Waals surface area contributed by atoms with Crippen molar-refractivity contribution < 1.29 is 19.1 Å². The van der Waals surface area contributed by atoms with Crippen molar-refractivity contribution in [1.82, 2.24) is 4.90 Å². The third-order valence-corrected chi connectivity index (χ3v) is 3.26. The first kappa shape index (κ1) is 13.7. The lowest BCUT2D eigenvalue weighted by Crippen LogP contribution is -2.30. The van der Waals surface area contributed by atoms with Gasteiger partial charge in [-0.2, -0.15) is 0 Å². The van der Waals surface area contributed by atoms with Crippen LogP contribution in [-0.2, 0) is 0 Å². The topological polar surface area (TPSA) is 55.8 Å². The number of hydrogen-bond donors (Lipinski definition) is 0. The van der Waals surface area contributed by atoms with E-state index in [1.54, 1.807) is 0 Å². The van der Waals surface area contributed by atoms with Gasteiger partial charge in [0.25, 0.3) is 11.8 Å². The number of rotatable bonds is 5. The standard InChI is InChI=1S/C13H14ClNO4/c1-18-10-6-8-9(7-11(10)19-2)13(17)15(12(8)16)5-3-4-14/h6-7H,3-5H2,1-2H3. The van der Waals surface area contributed by atoms with Crippen molar-refractivity contribution in [2.24, 2.45) is 0 Å². The molecule has 0 spiro atoms. The Morgan fingerprint density at radius 2 is 1.53 bits per heavy atom. The first-order valence-corrected chi connectivity index (χ1v) is 6.35. The van der Waals surface area contributed by atoms with Crippen LogP contribution in [0.1, 0.15) is 27.1 Å². The number of imide groups is 1. The van der Waals surface area contributed by atoms with Crippen molar-refractivity contribution in [2.75, 3.05) is 26.6 Å². The predicted octanol–water partition coefficient (Wildman–Crippen LogP) is 1.93. The first-order chi connectivity index (χ1) is 9.13. The number of alkyl halides is 1. The van der Waals surface area contributed by atoms with E-state index < -0.39 is 0 Å². The van der Waals surface area contributed by atoms with Gasteiger partial charge in [-0.15, -0.1) is 11.6 Å². The Kier molecular flexibility index (Phi) is 3.95. The Hall–Kier alpha value is -1.75. The third-order valence-electron chi connectivity index (χ3n) is 2.99. The number of carbonyl (C=O) groups is 2. The van der Waals surface area contributed by atoms with Crippen LogP contribution in [0.2, 0.25) is 0 Å². The molecule has 0 aromatic heterocycles. The van der Waals surface area contributed by atoms with Gasteiger partial charge in [-0.25, -0.2) is 0 Å². The van der Waals surface area contributed by atoms with Crippen molar-refractivity contribution in [3.05, 3.63) is 23.3 Å². The number of fused-ring (bicyclic) bond motifs is 1. The molecule has 1 aliphatic heterocycles. The van der Waals surface area contributed by atoms with E-state index in [0.717, 1.165) is 0 Å². The molecule has 0 fully saturated rings. The molecule has 2 rings (SSSR count). The number of amides is 2. The van der Waals surface area contributed by atoms with Gasteiger partial charge >= 0.3 is 0 Å². The lowest BCUT2D eigenvalue weighted by Gasteiger charge is -2.11. The normalized spacial score (nSPS) is 13.7. The fraction of sp³-hybridized carbons (Fsp3) is 0.385. The zero-order valence-electron chi connectivity index (χ0n) is 10.7. The molecule has 0 saturated carbocycles. The zero-order chi connectivity index (χ0) is 14.0. The van der Waals surface area contributed by atoms with Crippen LogP contribution in [0.5, 0.6) is 11.5 Å². The van der Waals surface area contributed by atoms with Crippen molar-refractivity contribution in [2.45, 2.75) is 6.42 Å². The number of benzene rings is 1. The molecule has 1 aromatic carbocycles. The molecular formula is C13H14ClNO4. The third kappa shape index (κ3) is 2.26. The van der Waals surface area contributed by atoms with Crippen molar-refractivity contribution >= 4 is 23.4 Å². The van der Waals surface area contributed by atoms with Crippen LogP contribution in [0.3, 0.4) is 0 Å². The maximum Gasteiger partial charge on any atom is 0.261 e. The average molecular weight is 284 g/mol. The summed E-state index contributed by atoms with van der Waals surface area (Å²) in [6.45, 7) is 0.320. The molecule has 2 amide bonds. The fourth-order valence-electron chi connectivity index (χ4n) is 2.04. The highest BCUT2D eigenvalue weighted by atomic mass is 35.5. The van der Waals surface area contributed by atoms with E-state index in [1.807, 2.05) is 0 Å². The summed E-state index contributed by atoms with van der Waals surface area (Å²) in [6, 6.07) is 3.07. The summed E-state index contributed by atoms with van der Waals surface area (Å²) in [5, 5.41) is 0. The Morgan fingerprint density at radius 1 is 1.05 bits per heavy atom. The van der Waals surface area contributed by atoms with Crippen LogP contribution in [0.15, 0.2) is 12.1 Å². The molecule has 6 heteroatoms. The predicted molar refractivity (Wildman–Crippen MR) is 70.3 cm³/mol. The quantitative estimate of drug-likeness (QED) is 0.612. The van der Waals surface area contributed by atoms with Gasteiger partial charge in [0.2, 0.25) is 0 Å². The summed E-state index contributed by atoms with van der Waals surface area (Å²) in [7, 11) is 2.97. The summed E-state index contributed by atoms with van der Waals surface area (Å²) in [4.78, 5) is 25.5. The molecule has 0 unspecified atom stereocenters. The lowest BCUT2D eigenvalue weighted by atomic mass is 10.1. The summed E-state index contributed by atoms with van der Waals surface area (Å²) in [5.74, 6) is 0.639. The minimum Gasteiger partial charge on any atom is -0.493 e. The summed E-state index contributed by atoms with van der Waals surface area (Å²) in [5.41, 5.74) is 0.689. The molecule has 0 atom stereocenters. The molecule has 0 aliphatic carbocycles. The smallest absolute Gasteiger partial charge is 0.261 e. The molecule has 1 heterocycles. The van der Waals surface area contributed by atoms with E-state index in [1.165, 1.54) is 31.3 Å². The van der Waals surface area contributed by atoms with Crippen molar-refractivity contribution in [3.63, 3.8) is 0 Å². The molecule has 0 N–H and O–H groups in total. The maximum absolute atomic E-state index is 12.1. The summed E-state index contributed by atoms with van der Waals surface area (Å²) in [6.07, 6.45) is 0.571. The maximum atomic E-state index is 12.1. The number of carbonyl (C=O) groups excluding carboxylic acids is 2. The second-order valence-corrected chi connectivity index (χ2v) is 4.44. The lowest BCUT2D eigenvalue weighted by molar-refractivity contribution is 0.0654. The highest BCUT2D eigenvalue weighted by Crippen LogP contribution is 2.34. The van der Waals surface area contributed by atoms with Crippen LogP contribution in [0.4, 0.5) is 0 Å². The van der Waals surface area contributed by atoms with Crippen LogP contribution in [0.25, 0.3) is 0 Å². The number of nitrogens with zero attached hydrogens (tertiary/aromatic N) is 1. The van der Waals surface area contributed by atoms with Crippen molar-refractivity contribution in [3.8, 4) is 11.5 Å². The molecule has 0 bridgehead atoms. The Labute approximate surface area is 116 Å². The van der Waals surface area contributed by atoms with E-state index in [9.17, 15) is 9.59 Å². The van der Waals surface area contributed by atoms with E-state index in [4.69, 9.17) is 21.1 Å². The van der Waals surface area contributed by atoms with Crippen LogP contribution < -0.4 is 9.47 Å². The van der Waals surface area contributed by atoms with Gasteiger partial charge < -0.3 is 9.47 Å². The molecule has 0 saturated heterocycles. The van der Waals surface area contributed by atoms with Gasteiger partial charge in [0.05, 0.1) is 25.3 Å². The fourth-order valence-corrected chi connectivity index (χ4v) is 2.16. The van der Waals surface area contributed by atoms with Gasteiger partial charge in [0.15, 0.2) is 11.5 Å². The second-order valence-electron chi connectivity index (χ2n) is 4.06. The minimum atomic E-state index is -0.314. The molecular weight excluding hydrogens is 270 g/mol. The van der Waals surface area contributed by atoms with E-state index >= 15 is 0 Å². The Bertz CT molecular complexity index is 487. The largest absolute Gasteiger partial charge is 0.493 e. The number of hydrogen-bond acceptors (Lipinski definition) is 4. The zero-order valence-corrected chi connectivity index (χ0v) is 11.5. The highest BCUT2D eigenvalue weighted by molar-refractivity contribution is 6.22. The van der Waals surface area contributed by atoms with Crippen LogP contribution in [-0.4, -0.2) is 43.4 Å². The van der Waals surface area contributed by atoms with Gasteiger partial charge in [-0.1, -0.05) is 0 Å². The van der Waals surface area contributed by atoms with Gasteiger partial charge in [-0.05, 0) is 18.6 Å². The van der Waals surface area contributed by atoms with E-state index in [-0.39, 0.29) is 11.8 Å². The first-order valence-electron chi connectivity index (χ1n) is 5.82. The van der Waals surface area contributed by atoms with E-state index in [0.29, 0.717) is 41.5 Å². The van der Waals surface area contributed by atoms with Gasteiger partial charge in [0.1, 0.15) is 0 Å². The SMILES string of the molecule is COc1cc2c(cc1OC)C(=O)N(CCCCl)C2=O. The van der Waals surface area contributed by atoms with Crippen LogP contribution >= 0.6 is 11.6 Å². The molecule has 5 nitrogen and oxygen atoms in total. The molecule has 1 aromatic rings. The highest BCUT2D eigenvalue weighted by Gasteiger charge is 2.36. The molecule has 1 aliphatic rings. The Balaban J connectivity index is 2.41. The molecule has 0 radical (unpaired) electrons. The number of methoxy groups -OCH3 is 2. The van der Waals surface area contributed by atoms with Crippen LogP contribution in [0, 0.1) is 0 Å². The van der Waals surface area contributed by atoms with Gasteiger partial charge in [-0.3, -0.25) is 14.5 Å². The average Bonchev–Trinajstić information content (AvgIpc) is 2.67. The monoisotopic (exact) mass is 283 g/mol. The number of ether oxygens (including phenoxy) is 2.